The molecule has 0 atom stereocenters. The van der Waals surface area contributed by atoms with Gasteiger partial charge in [0.25, 0.3) is 0 Å². The van der Waals surface area contributed by atoms with Crippen molar-refractivity contribution in [1.82, 2.24) is 0 Å². The minimum atomic E-state index is -3.61. The molecule has 1 aromatic carbocycles. The molecule has 1 aromatic rings. The summed E-state index contributed by atoms with van der Waals surface area (Å²) in [6.07, 6.45) is 6.54. The van der Waals surface area contributed by atoms with E-state index in [1.165, 1.54) is 0 Å². The van der Waals surface area contributed by atoms with Crippen molar-refractivity contribution in [3.8, 4) is 0 Å². The van der Waals surface area contributed by atoms with Gasteiger partial charge in [0.1, 0.15) is 5.71 Å². The summed E-state index contributed by atoms with van der Waals surface area (Å²) >= 11 is 0. The van der Waals surface area contributed by atoms with Gasteiger partial charge in [-0.2, -0.15) is 8.42 Å². The first-order valence-electron chi connectivity index (χ1n) is 5.76. The summed E-state index contributed by atoms with van der Waals surface area (Å²) in [7, 11) is -3.61. The van der Waals surface area contributed by atoms with Crippen molar-refractivity contribution < 1.29 is 12.7 Å². The Balaban J connectivity index is 3.19. The molecule has 0 aromatic heterocycles. The van der Waals surface area contributed by atoms with E-state index in [-0.39, 0.29) is 0 Å². The Morgan fingerprint density at radius 3 is 2.42 bits per heavy atom. The maximum absolute atomic E-state index is 11.0. The van der Waals surface area contributed by atoms with Gasteiger partial charge in [0.05, 0.1) is 6.26 Å². The fraction of sp³-hybridized carbons (Fsp3) is 0.214. The molecule has 0 fully saturated rings. The Labute approximate surface area is 114 Å². The number of oxime groups is 1. The minimum absolute atomic E-state index is 0.490. The smallest absolute Gasteiger partial charge is 0.268 e. The molecule has 0 unspecified atom stereocenters. The van der Waals surface area contributed by atoms with Gasteiger partial charge in [0.15, 0.2) is 0 Å². The third-order valence-corrected chi connectivity index (χ3v) is 2.57. The monoisotopic (exact) mass is 279 g/mol. The first-order valence-corrected chi connectivity index (χ1v) is 7.57. The van der Waals surface area contributed by atoms with Crippen LogP contribution in [-0.2, 0) is 14.4 Å². The van der Waals surface area contributed by atoms with E-state index in [4.69, 9.17) is 0 Å². The Hall–Kier alpha value is -1.88. The van der Waals surface area contributed by atoms with Gasteiger partial charge in [-0.25, -0.2) is 0 Å². The fourth-order valence-electron chi connectivity index (χ4n) is 1.37. The van der Waals surface area contributed by atoms with Crippen LogP contribution in [0.4, 0.5) is 0 Å². The average Bonchev–Trinajstić information content (AvgIpc) is 2.36. The molecular formula is C14H17NO3S. The molecule has 0 spiro atoms. The maximum Gasteiger partial charge on any atom is 0.325 e. The summed E-state index contributed by atoms with van der Waals surface area (Å²) in [5.74, 6) is 0. The predicted molar refractivity (Wildman–Crippen MR) is 77.5 cm³/mol. The molecule has 0 bridgehead atoms. The van der Waals surface area contributed by atoms with Gasteiger partial charge in [-0.1, -0.05) is 53.7 Å². The van der Waals surface area contributed by atoms with E-state index in [0.29, 0.717) is 5.71 Å². The number of hydrogen-bond donors (Lipinski definition) is 0. The standard InChI is InChI=1S/C14H17NO3S/c1-4-5-9-12(2)14(15-18-19(3,16)17)13-10-7-6-8-11-13/h4-11H,1-3H3/b5-4+,12-9-,15-14+. The van der Waals surface area contributed by atoms with Crippen LogP contribution in [0.1, 0.15) is 19.4 Å². The van der Waals surface area contributed by atoms with E-state index in [1.807, 2.05) is 62.4 Å². The molecule has 19 heavy (non-hydrogen) atoms. The second-order valence-electron chi connectivity index (χ2n) is 3.96. The molecule has 5 heteroatoms. The molecule has 0 amide bonds. The first kappa shape index (κ1) is 15.2. The zero-order chi connectivity index (χ0) is 14.3. The SMILES string of the molecule is C/C=C/C=C(C)\C(=N/OS(C)(=O)=O)c1ccccc1. The second-order valence-corrected chi connectivity index (χ2v) is 5.52. The molecule has 1 rings (SSSR count). The van der Waals surface area contributed by atoms with Gasteiger partial charge in [-0.3, -0.25) is 4.28 Å². The topological polar surface area (TPSA) is 55.7 Å². The normalized spacial score (nSPS) is 13.8. The molecule has 0 N–H and O–H groups in total. The van der Waals surface area contributed by atoms with Crippen molar-refractivity contribution in [2.75, 3.05) is 6.26 Å². The van der Waals surface area contributed by atoms with Gasteiger partial charge < -0.3 is 0 Å². The zero-order valence-electron chi connectivity index (χ0n) is 11.2. The first-order chi connectivity index (χ1) is 8.94. The lowest BCUT2D eigenvalue weighted by Gasteiger charge is -2.06. The highest BCUT2D eigenvalue weighted by atomic mass is 32.2. The summed E-state index contributed by atoms with van der Waals surface area (Å²) < 4.78 is 26.6. The highest BCUT2D eigenvalue weighted by Crippen LogP contribution is 2.11. The molecule has 0 saturated carbocycles. The van der Waals surface area contributed by atoms with E-state index < -0.39 is 10.1 Å². The highest BCUT2D eigenvalue weighted by Gasteiger charge is 2.08. The summed E-state index contributed by atoms with van der Waals surface area (Å²) in [5.41, 5.74) is 2.10. The molecular weight excluding hydrogens is 262 g/mol. The van der Waals surface area contributed by atoms with Crippen LogP contribution >= 0.6 is 0 Å². The Bertz CT molecular complexity index is 599. The minimum Gasteiger partial charge on any atom is -0.268 e. The lowest BCUT2D eigenvalue weighted by Crippen LogP contribution is -2.06. The third kappa shape index (κ3) is 5.52. The van der Waals surface area contributed by atoms with Gasteiger partial charge in [-0.15, -0.1) is 0 Å². The molecule has 102 valence electrons. The third-order valence-electron chi connectivity index (χ3n) is 2.22. The maximum atomic E-state index is 11.0. The summed E-state index contributed by atoms with van der Waals surface area (Å²) in [6, 6.07) is 9.28. The van der Waals surface area contributed by atoms with Crippen LogP contribution in [0.25, 0.3) is 0 Å². The van der Waals surface area contributed by atoms with Crippen molar-refractivity contribution >= 4 is 15.8 Å². The molecule has 4 nitrogen and oxygen atoms in total. The number of nitrogens with zero attached hydrogens (tertiary/aromatic N) is 1. The van der Waals surface area contributed by atoms with Crippen molar-refractivity contribution in [2.45, 2.75) is 13.8 Å². The van der Waals surface area contributed by atoms with Crippen molar-refractivity contribution in [3.63, 3.8) is 0 Å². The molecule has 0 aliphatic rings. The van der Waals surface area contributed by atoms with Crippen LogP contribution in [0.2, 0.25) is 0 Å². The summed E-state index contributed by atoms with van der Waals surface area (Å²) in [6.45, 7) is 3.74. The van der Waals surface area contributed by atoms with E-state index in [1.54, 1.807) is 0 Å². The quantitative estimate of drug-likeness (QED) is 0.473. The van der Waals surface area contributed by atoms with Gasteiger partial charge in [0.2, 0.25) is 0 Å². The number of allylic oxidation sites excluding steroid dienone is 4. The zero-order valence-corrected chi connectivity index (χ0v) is 12.0. The van der Waals surface area contributed by atoms with Gasteiger partial charge >= 0.3 is 10.1 Å². The van der Waals surface area contributed by atoms with Crippen LogP contribution in [0, 0.1) is 0 Å². The van der Waals surface area contributed by atoms with Crippen LogP contribution in [0.3, 0.4) is 0 Å². The van der Waals surface area contributed by atoms with E-state index in [0.717, 1.165) is 17.4 Å². The van der Waals surface area contributed by atoms with Crippen LogP contribution in [0.5, 0.6) is 0 Å². The van der Waals surface area contributed by atoms with Crippen molar-refractivity contribution in [1.29, 1.82) is 0 Å². The van der Waals surface area contributed by atoms with E-state index in [2.05, 4.69) is 9.44 Å². The molecule has 0 aliphatic heterocycles. The van der Waals surface area contributed by atoms with Crippen LogP contribution in [-0.4, -0.2) is 20.4 Å². The number of hydrogen-bond acceptors (Lipinski definition) is 4. The molecule has 0 heterocycles. The average molecular weight is 279 g/mol. The Kier molecular flexibility index (Phi) is 5.51. The number of rotatable bonds is 5. The lowest BCUT2D eigenvalue weighted by molar-refractivity contribution is 0.343. The molecule has 0 radical (unpaired) electrons. The van der Waals surface area contributed by atoms with Gasteiger partial charge in [0, 0.05) is 5.56 Å². The predicted octanol–water partition coefficient (Wildman–Crippen LogP) is 2.89. The fourth-order valence-corrected chi connectivity index (χ4v) is 1.58. The molecule has 0 saturated heterocycles. The summed E-state index contributed by atoms with van der Waals surface area (Å²) in [4.78, 5) is 0. The van der Waals surface area contributed by atoms with E-state index >= 15 is 0 Å². The summed E-state index contributed by atoms with van der Waals surface area (Å²) in [5, 5.41) is 3.74. The second kappa shape index (κ2) is 6.89. The van der Waals surface area contributed by atoms with Gasteiger partial charge in [-0.05, 0) is 19.4 Å². The van der Waals surface area contributed by atoms with Crippen molar-refractivity contribution in [3.05, 3.63) is 59.7 Å². The van der Waals surface area contributed by atoms with E-state index in [9.17, 15) is 8.42 Å². The Morgan fingerprint density at radius 1 is 1.26 bits per heavy atom. The van der Waals surface area contributed by atoms with Crippen LogP contribution in [0.15, 0.2) is 59.3 Å². The van der Waals surface area contributed by atoms with Crippen LogP contribution < -0.4 is 0 Å². The highest BCUT2D eigenvalue weighted by molar-refractivity contribution is 7.85. The molecule has 0 aliphatic carbocycles. The lowest BCUT2D eigenvalue weighted by atomic mass is 10.0. The van der Waals surface area contributed by atoms with Crippen molar-refractivity contribution in [2.24, 2.45) is 5.16 Å². The number of benzene rings is 1. The Morgan fingerprint density at radius 2 is 1.89 bits per heavy atom. The largest absolute Gasteiger partial charge is 0.325 e.